The number of amides is 3. The summed E-state index contributed by atoms with van der Waals surface area (Å²) in [5.74, 6) is -0.306. The van der Waals surface area contributed by atoms with Crippen molar-refractivity contribution in [2.45, 2.75) is 69.8 Å². The van der Waals surface area contributed by atoms with Crippen LogP contribution in [0, 0.1) is 5.41 Å². The first-order valence-electron chi connectivity index (χ1n) is 10.6. The Kier molecular flexibility index (Phi) is 5.19. The molecule has 31 heavy (non-hydrogen) atoms. The number of nitrogens with zero attached hydrogens (tertiary/aromatic N) is 1. The number of methoxy groups -OCH3 is 1. The van der Waals surface area contributed by atoms with E-state index in [0.717, 1.165) is 24.5 Å². The van der Waals surface area contributed by atoms with Crippen LogP contribution < -0.4 is 5.32 Å². The summed E-state index contributed by atoms with van der Waals surface area (Å²) in [7, 11) is 1.67. The summed E-state index contributed by atoms with van der Waals surface area (Å²) in [6.07, 6.45) is 0.355. The number of benzene rings is 1. The fourth-order valence-electron chi connectivity index (χ4n) is 5.66. The zero-order valence-electron chi connectivity index (χ0n) is 17.9. The van der Waals surface area contributed by atoms with Crippen LogP contribution in [0.25, 0.3) is 6.08 Å². The normalized spacial score (nSPS) is 30.8. The highest BCUT2D eigenvalue weighted by molar-refractivity contribution is 6.09. The summed E-state index contributed by atoms with van der Waals surface area (Å²) in [5, 5.41) is 3.01. The Bertz CT molecular complexity index is 932. The van der Waals surface area contributed by atoms with Gasteiger partial charge in [0.15, 0.2) is 5.54 Å². The maximum absolute atomic E-state index is 13.8. The summed E-state index contributed by atoms with van der Waals surface area (Å²) in [5.41, 5.74) is 0.0917. The molecule has 1 unspecified atom stereocenters. The number of alkyl halides is 3. The predicted octanol–water partition coefficient (Wildman–Crippen LogP) is 4.55. The van der Waals surface area contributed by atoms with Crippen molar-refractivity contribution >= 4 is 18.0 Å². The zero-order chi connectivity index (χ0) is 22.6. The second kappa shape index (κ2) is 7.36. The molecule has 1 heterocycles. The van der Waals surface area contributed by atoms with E-state index in [0.29, 0.717) is 30.4 Å². The van der Waals surface area contributed by atoms with Crippen LogP contribution in [0.1, 0.15) is 56.2 Å². The van der Waals surface area contributed by atoms with E-state index in [1.165, 1.54) is 4.90 Å². The van der Waals surface area contributed by atoms with Gasteiger partial charge in [0.05, 0.1) is 6.10 Å². The molecule has 4 rings (SSSR count). The average Bonchev–Trinajstić information content (AvgIpc) is 3.12. The van der Waals surface area contributed by atoms with Crippen molar-refractivity contribution in [3.8, 4) is 0 Å². The largest absolute Gasteiger partial charge is 0.409 e. The first kappa shape index (κ1) is 21.9. The quantitative estimate of drug-likeness (QED) is 0.708. The summed E-state index contributed by atoms with van der Waals surface area (Å²) in [6, 6.07) is 4.29. The molecule has 2 fully saturated rings. The Morgan fingerprint density at radius 3 is 2.45 bits per heavy atom. The van der Waals surface area contributed by atoms with Gasteiger partial charge in [-0.3, -0.25) is 9.69 Å². The van der Waals surface area contributed by atoms with Gasteiger partial charge in [0.25, 0.3) is 5.91 Å². The fourth-order valence-corrected chi connectivity index (χ4v) is 5.66. The minimum absolute atomic E-state index is 0.102. The third-order valence-corrected chi connectivity index (χ3v) is 7.12. The first-order valence-corrected chi connectivity index (χ1v) is 10.6. The summed E-state index contributed by atoms with van der Waals surface area (Å²) < 4.78 is 43.6. The van der Waals surface area contributed by atoms with Crippen LogP contribution in [0.4, 0.5) is 18.0 Å². The summed E-state index contributed by atoms with van der Waals surface area (Å²) in [4.78, 5) is 28.0. The number of imide groups is 1. The Balaban J connectivity index is 1.84. The molecule has 1 aliphatic heterocycles. The number of fused-ring (bicyclic) bond motifs is 3. The highest BCUT2D eigenvalue weighted by atomic mass is 19.4. The molecule has 168 valence electrons. The number of hydrogen-bond acceptors (Lipinski definition) is 3. The SMILES string of the molecule is COC1CCC2(CC1)Cc1ccc(/C=C/C(F)(F)F)cc1C21NC(=O)N(C(C)C)C1=O. The monoisotopic (exact) mass is 436 g/mol. The Morgan fingerprint density at radius 2 is 1.90 bits per heavy atom. The molecule has 3 aliphatic rings. The van der Waals surface area contributed by atoms with Crippen molar-refractivity contribution in [2.75, 3.05) is 7.11 Å². The highest BCUT2D eigenvalue weighted by Crippen LogP contribution is 2.60. The number of carbonyl (C=O) groups is 2. The molecule has 1 saturated heterocycles. The van der Waals surface area contributed by atoms with Gasteiger partial charge in [0.1, 0.15) is 0 Å². The van der Waals surface area contributed by atoms with Gasteiger partial charge >= 0.3 is 12.2 Å². The lowest BCUT2D eigenvalue weighted by molar-refractivity contribution is -0.139. The van der Waals surface area contributed by atoms with E-state index in [1.807, 2.05) is 0 Å². The van der Waals surface area contributed by atoms with Crippen LogP contribution in [-0.2, 0) is 21.5 Å². The molecule has 8 heteroatoms. The van der Waals surface area contributed by atoms with Crippen molar-refractivity contribution in [1.29, 1.82) is 0 Å². The lowest BCUT2D eigenvalue weighted by Gasteiger charge is -2.46. The zero-order valence-corrected chi connectivity index (χ0v) is 17.9. The molecule has 2 spiro atoms. The molecule has 1 saturated carbocycles. The second-order valence-corrected chi connectivity index (χ2v) is 9.13. The number of urea groups is 1. The van der Waals surface area contributed by atoms with Gasteiger partial charge in [0, 0.05) is 24.6 Å². The van der Waals surface area contributed by atoms with E-state index < -0.39 is 23.2 Å². The third-order valence-electron chi connectivity index (χ3n) is 7.12. The first-order chi connectivity index (χ1) is 14.5. The molecular formula is C23H27F3N2O3. The van der Waals surface area contributed by atoms with E-state index in [-0.39, 0.29) is 24.1 Å². The van der Waals surface area contributed by atoms with Crippen LogP contribution >= 0.6 is 0 Å². The maximum atomic E-state index is 13.8. The average molecular weight is 436 g/mol. The Hall–Kier alpha value is -2.35. The molecule has 2 aliphatic carbocycles. The van der Waals surface area contributed by atoms with Crippen molar-refractivity contribution in [3.63, 3.8) is 0 Å². The molecular weight excluding hydrogens is 409 g/mol. The lowest BCUT2D eigenvalue weighted by atomic mass is 9.61. The van der Waals surface area contributed by atoms with E-state index in [9.17, 15) is 22.8 Å². The summed E-state index contributed by atoms with van der Waals surface area (Å²) in [6.45, 7) is 3.56. The number of hydrogen-bond donors (Lipinski definition) is 1. The molecule has 3 amide bonds. The highest BCUT2D eigenvalue weighted by Gasteiger charge is 2.68. The molecule has 1 aromatic rings. The van der Waals surface area contributed by atoms with Crippen molar-refractivity contribution in [3.05, 3.63) is 41.0 Å². The molecule has 0 bridgehead atoms. The predicted molar refractivity (Wildman–Crippen MR) is 109 cm³/mol. The van der Waals surface area contributed by atoms with Gasteiger partial charge < -0.3 is 10.1 Å². The number of nitrogens with one attached hydrogen (secondary N) is 1. The van der Waals surface area contributed by atoms with Gasteiger partial charge in [-0.15, -0.1) is 0 Å². The lowest BCUT2D eigenvalue weighted by Crippen LogP contribution is -2.57. The van der Waals surface area contributed by atoms with Crippen molar-refractivity contribution in [2.24, 2.45) is 5.41 Å². The minimum Gasteiger partial charge on any atom is -0.381 e. The van der Waals surface area contributed by atoms with Crippen LogP contribution in [0.5, 0.6) is 0 Å². The number of carbonyl (C=O) groups excluding carboxylic acids is 2. The Labute approximate surface area is 179 Å². The van der Waals surface area contributed by atoms with Crippen LogP contribution in [0.3, 0.4) is 0 Å². The van der Waals surface area contributed by atoms with Crippen LogP contribution in [-0.4, -0.2) is 42.3 Å². The van der Waals surface area contributed by atoms with Crippen molar-refractivity contribution in [1.82, 2.24) is 10.2 Å². The molecule has 1 aromatic carbocycles. The minimum atomic E-state index is -4.43. The van der Waals surface area contributed by atoms with E-state index in [1.54, 1.807) is 39.2 Å². The van der Waals surface area contributed by atoms with Gasteiger partial charge in [-0.2, -0.15) is 13.2 Å². The number of allylic oxidation sites excluding steroid dienone is 1. The van der Waals surface area contributed by atoms with Crippen LogP contribution in [0.15, 0.2) is 24.3 Å². The van der Waals surface area contributed by atoms with E-state index in [2.05, 4.69) is 5.32 Å². The number of halogens is 3. The van der Waals surface area contributed by atoms with Gasteiger partial charge in [-0.1, -0.05) is 18.2 Å². The second-order valence-electron chi connectivity index (χ2n) is 9.13. The standard InChI is InChI=1S/C23H27F3N2O3/c1-14(2)28-19(29)23(27-20(28)30)18-12-15(6-11-22(24,25)26)4-5-16(18)13-21(23)9-7-17(31-3)8-10-21/h4-6,11-12,14,17H,7-10,13H2,1-3H3,(H,27,30)/b11-6+. The number of rotatable bonds is 3. The fraction of sp³-hybridized carbons (Fsp3) is 0.565. The van der Waals surface area contributed by atoms with Crippen molar-refractivity contribution < 1.29 is 27.5 Å². The van der Waals surface area contributed by atoms with Gasteiger partial charge in [0.2, 0.25) is 0 Å². The molecule has 5 nitrogen and oxygen atoms in total. The molecule has 0 radical (unpaired) electrons. The number of ether oxygens (including phenoxy) is 1. The maximum Gasteiger partial charge on any atom is 0.409 e. The summed E-state index contributed by atoms with van der Waals surface area (Å²) >= 11 is 0. The smallest absolute Gasteiger partial charge is 0.381 e. The topological polar surface area (TPSA) is 58.6 Å². The third kappa shape index (κ3) is 3.35. The molecule has 1 atom stereocenters. The molecule has 1 N–H and O–H groups in total. The van der Waals surface area contributed by atoms with Gasteiger partial charge in [-0.25, -0.2) is 4.79 Å². The van der Waals surface area contributed by atoms with E-state index >= 15 is 0 Å². The Morgan fingerprint density at radius 1 is 1.23 bits per heavy atom. The van der Waals surface area contributed by atoms with Gasteiger partial charge in [-0.05, 0) is 68.7 Å². The van der Waals surface area contributed by atoms with Crippen LogP contribution in [0.2, 0.25) is 0 Å². The molecule has 0 aromatic heterocycles. The van der Waals surface area contributed by atoms with E-state index in [4.69, 9.17) is 4.74 Å².